The molecule has 0 aliphatic rings. The molecule has 1 atom stereocenters. The van der Waals surface area contributed by atoms with E-state index in [0.717, 1.165) is 76.4 Å². The highest BCUT2D eigenvalue weighted by atomic mass is 127. The first-order chi connectivity index (χ1) is 20.4. The molecule has 0 amide bonds. The lowest BCUT2D eigenvalue weighted by atomic mass is 10.1. The first-order valence-corrected chi connectivity index (χ1v) is 19.0. The average molecular weight is 714 g/mol. The number of anilines is 1. The summed E-state index contributed by atoms with van der Waals surface area (Å²) in [5, 5.41) is 10.9. The number of aromatic nitrogens is 7. The van der Waals surface area contributed by atoms with Crippen LogP contribution in [0, 0.1) is 3.70 Å². The first-order valence-electron chi connectivity index (χ1n) is 15.1. The number of hydrogen-bond donors (Lipinski definition) is 1. The second-order valence-electron chi connectivity index (χ2n) is 12.7. The Kier molecular flexibility index (Phi) is 9.30. The highest BCUT2D eigenvalue weighted by molar-refractivity contribution is 14.1. The first kappa shape index (κ1) is 31.6. The van der Waals surface area contributed by atoms with Gasteiger partial charge >= 0.3 is 0 Å². The zero-order valence-corrected chi connectivity index (χ0v) is 29.5. The summed E-state index contributed by atoms with van der Waals surface area (Å²) in [6.07, 6.45) is 6.79. The molecule has 0 saturated carbocycles. The van der Waals surface area contributed by atoms with Gasteiger partial charge in [0.2, 0.25) is 0 Å². The monoisotopic (exact) mass is 713 g/mol. The van der Waals surface area contributed by atoms with Crippen LogP contribution in [0.5, 0.6) is 0 Å². The van der Waals surface area contributed by atoms with Gasteiger partial charge in [0.1, 0.15) is 21.5 Å². The summed E-state index contributed by atoms with van der Waals surface area (Å²) in [6, 6.07) is 10.5. The van der Waals surface area contributed by atoms with Crippen molar-refractivity contribution < 1.29 is 4.43 Å². The van der Waals surface area contributed by atoms with E-state index in [1.807, 2.05) is 4.68 Å². The molecule has 0 aromatic carbocycles. The Morgan fingerprint density at radius 1 is 1.07 bits per heavy atom. The maximum atomic E-state index is 6.47. The van der Waals surface area contributed by atoms with Gasteiger partial charge in [0.25, 0.3) is 0 Å². The van der Waals surface area contributed by atoms with Gasteiger partial charge in [0.05, 0.1) is 23.7 Å². The van der Waals surface area contributed by atoms with Crippen molar-refractivity contribution in [2.24, 2.45) is 0 Å². The van der Waals surface area contributed by atoms with Crippen LogP contribution < -0.4 is 5.73 Å². The van der Waals surface area contributed by atoms with Crippen LogP contribution in [0.4, 0.5) is 5.82 Å². The number of rotatable bonds is 12. The van der Waals surface area contributed by atoms with Crippen molar-refractivity contribution in [3.8, 4) is 11.4 Å². The molecule has 0 radical (unpaired) electrons. The van der Waals surface area contributed by atoms with Crippen LogP contribution in [-0.2, 0) is 11.0 Å². The Balaban J connectivity index is 1.38. The number of nitrogens with two attached hydrogens (primary N) is 1. The van der Waals surface area contributed by atoms with Gasteiger partial charge < -0.3 is 14.6 Å². The highest BCUT2D eigenvalue weighted by Crippen LogP contribution is 2.37. The third kappa shape index (κ3) is 6.52. The molecular weight excluding hydrogens is 669 g/mol. The SMILES string of the molecule is CCCN(CCO[Si](C)(C)C(C)(C)C)CCn1ccc(-c2c(C(C)n3nc(I)c4c(N)ncnc43)cc3ccccn23)n1. The Morgan fingerprint density at radius 2 is 1.86 bits per heavy atom. The number of fused-ring (bicyclic) bond motifs is 2. The van der Waals surface area contributed by atoms with Crippen molar-refractivity contribution >= 4 is 53.3 Å². The lowest BCUT2D eigenvalue weighted by Crippen LogP contribution is -2.43. The van der Waals surface area contributed by atoms with Crippen LogP contribution >= 0.6 is 22.6 Å². The maximum absolute atomic E-state index is 6.47. The zero-order chi connectivity index (χ0) is 30.9. The van der Waals surface area contributed by atoms with E-state index in [2.05, 4.69) is 137 Å². The van der Waals surface area contributed by atoms with Crippen molar-refractivity contribution in [2.75, 3.05) is 32.0 Å². The molecule has 43 heavy (non-hydrogen) atoms. The van der Waals surface area contributed by atoms with Gasteiger partial charge in [0, 0.05) is 43.2 Å². The van der Waals surface area contributed by atoms with Crippen LogP contribution in [0.25, 0.3) is 27.9 Å². The van der Waals surface area contributed by atoms with Crippen LogP contribution in [-0.4, -0.2) is 73.4 Å². The summed E-state index contributed by atoms with van der Waals surface area (Å²) in [5.74, 6) is 0.442. The van der Waals surface area contributed by atoms with Crippen molar-refractivity contribution in [3.05, 3.63) is 58.3 Å². The van der Waals surface area contributed by atoms with E-state index < -0.39 is 8.32 Å². The second-order valence-corrected chi connectivity index (χ2v) is 18.6. The second kappa shape index (κ2) is 12.7. The third-order valence-corrected chi connectivity index (χ3v) is 14.0. The molecule has 0 saturated heterocycles. The summed E-state index contributed by atoms with van der Waals surface area (Å²) < 4.78 is 13.5. The Bertz CT molecular complexity index is 1700. The summed E-state index contributed by atoms with van der Waals surface area (Å²) >= 11 is 2.21. The molecule has 0 aliphatic carbocycles. The van der Waals surface area contributed by atoms with Crippen molar-refractivity contribution in [2.45, 2.75) is 71.8 Å². The van der Waals surface area contributed by atoms with E-state index in [9.17, 15) is 0 Å². The predicted octanol–water partition coefficient (Wildman–Crippen LogP) is 6.47. The number of hydrogen-bond acceptors (Lipinski definition) is 7. The fraction of sp³-hybridized carbons (Fsp3) is 0.484. The van der Waals surface area contributed by atoms with Crippen molar-refractivity contribution in [3.63, 3.8) is 0 Å². The van der Waals surface area contributed by atoms with Crippen LogP contribution in [0.15, 0.2) is 49.1 Å². The van der Waals surface area contributed by atoms with Gasteiger partial charge in [-0.15, -0.1) is 0 Å². The fourth-order valence-electron chi connectivity index (χ4n) is 5.24. The van der Waals surface area contributed by atoms with Gasteiger partial charge in [0.15, 0.2) is 14.0 Å². The molecule has 230 valence electrons. The summed E-state index contributed by atoms with van der Waals surface area (Å²) in [7, 11) is -1.75. The Morgan fingerprint density at radius 3 is 2.60 bits per heavy atom. The molecule has 0 aliphatic heterocycles. The number of nitrogen functional groups attached to an aromatic ring is 1. The van der Waals surface area contributed by atoms with Gasteiger partial charge in [-0.1, -0.05) is 33.8 Å². The van der Waals surface area contributed by atoms with Crippen LogP contribution in [0.2, 0.25) is 18.1 Å². The molecule has 2 N–H and O–H groups in total. The minimum absolute atomic E-state index is 0.110. The molecular formula is C31H44IN9OSi. The molecule has 0 spiro atoms. The predicted molar refractivity (Wildman–Crippen MR) is 185 cm³/mol. The van der Waals surface area contributed by atoms with Crippen LogP contribution in [0.1, 0.15) is 52.6 Å². The molecule has 5 heterocycles. The third-order valence-electron chi connectivity index (χ3n) is 8.75. The number of halogens is 1. The summed E-state index contributed by atoms with van der Waals surface area (Å²) in [5.41, 5.74) is 11.1. The summed E-state index contributed by atoms with van der Waals surface area (Å²) in [4.78, 5) is 11.2. The van der Waals surface area contributed by atoms with Gasteiger partial charge in [-0.2, -0.15) is 10.2 Å². The Labute approximate surface area is 268 Å². The van der Waals surface area contributed by atoms with E-state index in [-0.39, 0.29) is 11.1 Å². The normalized spacial score (nSPS) is 13.5. The molecule has 5 aromatic rings. The zero-order valence-electron chi connectivity index (χ0n) is 26.4. The van der Waals surface area contributed by atoms with Gasteiger partial charge in [-0.25, -0.2) is 14.6 Å². The van der Waals surface area contributed by atoms with Gasteiger partial charge in [-0.3, -0.25) is 9.58 Å². The minimum atomic E-state index is -1.75. The molecule has 1 unspecified atom stereocenters. The van der Waals surface area contributed by atoms with E-state index in [1.165, 1.54) is 6.33 Å². The maximum Gasteiger partial charge on any atom is 0.192 e. The lowest BCUT2D eigenvalue weighted by Gasteiger charge is -2.36. The molecule has 12 heteroatoms. The van der Waals surface area contributed by atoms with E-state index in [0.29, 0.717) is 5.82 Å². The molecule has 5 aromatic heterocycles. The highest BCUT2D eigenvalue weighted by Gasteiger charge is 2.37. The number of nitrogens with zero attached hydrogens (tertiary/aromatic N) is 8. The van der Waals surface area contributed by atoms with Gasteiger partial charge in [-0.05, 0) is 84.9 Å². The largest absolute Gasteiger partial charge is 0.416 e. The number of pyridine rings is 1. The van der Waals surface area contributed by atoms with E-state index in [1.54, 1.807) is 0 Å². The summed E-state index contributed by atoms with van der Waals surface area (Å²) in [6.45, 7) is 20.4. The average Bonchev–Trinajstić information content (AvgIpc) is 3.66. The topological polar surface area (TPSA) is 104 Å². The van der Waals surface area contributed by atoms with Crippen molar-refractivity contribution in [1.29, 1.82) is 0 Å². The van der Waals surface area contributed by atoms with Crippen molar-refractivity contribution in [1.82, 2.24) is 38.8 Å². The molecule has 0 bridgehead atoms. The fourth-order valence-corrected chi connectivity index (χ4v) is 7.03. The standard InChI is InChI=1S/C31H44IN9OSi/c1-8-13-38(18-19-42-43(6,7)31(3,4)5)16-17-39-15-12-25(36-39)27-24(20-23-11-9-10-14-40(23)27)22(2)41-30-26(28(32)37-41)29(33)34-21-35-30/h9-12,14-15,20-22H,8,13,16-19H2,1-7H3,(H2,33,34,35). The van der Waals surface area contributed by atoms with E-state index >= 15 is 0 Å². The van der Waals surface area contributed by atoms with E-state index in [4.69, 9.17) is 20.4 Å². The molecule has 10 nitrogen and oxygen atoms in total. The lowest BCUT2D eigenvalue weighted by molar-refractivity contribution is 0.191. The quantitative estimate of drug-likeness (QED) is 0.117. The molecule has 5 rings (SSSR count). The smallest absolute Gasteiger partial charge is 0.192 e. The minimum Gasteiger partial charge on any atom is -0.416 e. The van der Waals surface area contributed by atoms with Crippen LogP contribution in [0.3, 0.4) is 0 Å². The molecule has 0 fully saturated rings. The Hall–Kier alpha value is -2.81.